The Morgan fingerprint density at radius 2 is 1.58 bits per heavy atom. The van der Waals surface area contributed by atoms with Gasteiger partial charge in [0.2, 0.25) is 0 Å². The Morgan fingerprint density at radius 3 is 2.08 bits per heavy atom. The van der Waals surface area contributed by atoms with Gasteiger partial charge in [0.05, 0.1) is 4.90 Å². The first kappa shape index (κ1) is 16.9. The van der Waals surface area contributed by atoms with Gasteiger partial charge in [-0.15, -0.1) is 0 Å². The third-order valence-electron chi connectivity index (χ3n) is 5.30. The van der Waals surface area contributed by atoms with Crippen LogP contribution in [0.3, 0.4) is 0 Å². The van der Waals surface area contributed by atoms with Gasteiger partial charge in [-0.25, -0.2) is 8.42 Å². The Labute approximate surface area is 141 Å². The lowest BCUT2D eigenvalue weighted by Crippen LogP contribution is -2.30. The Kier molecular flexibility index (Phi) is 3.91. The predicted molar refractivity (Wildman–Crippen MR) is 89.4 cm³/mol. The molecule has 2 unspecified atom stereocenters. The number of carbonyl (C=O) groups excluding carboxylic acids is 2. The van der Waals surface area contributed by atoms with Gasteiger partial charge in [-0.2, -0.15) is 0 Å². The molecule has 2 aliphatic rings. The highest BCUT2D eigenvalue weighted by Crippen LogP contribution is 2.42. The van der Waals surface area contributed by atoms with Crippen molar-refractivity contribution in [3.8, 4) is 0 Å². The van der Waals surface area contributed by atoms with Gasteiger partial charge in [-0.05, 0) is 56.4 Å². The fraction of sp³-hybridized carbons (Fsp3) is 0.444. The van der Waals surface area contributed by atoms with Crippen LogP contribution in [0.15, 0.2) is 22.6 Å². The van der Waals surface area contributed by atoms with Crippen LogP contribution >= 0.6 is 0 Å². The molecule has 5 nitrogen and oxygen atoms in total. The average Bonchev–Trinajstić information content (AvgIpc) is 2.94. The highest BCUT2D eigenvalue weighted by Gasteiger charge is 2.45. The largest absolute Gasteiger partial charge is 0.506 e. The van der Waals surface area contributed by atoms with Crippen molar-refractivity contribution < 1.29 is 23.1 Å². The van der Waals surface area contributed by atoms with E-state index in [0.29, 0.717) is 36.0 Å². The van der Waals surface area contributed by atoms with E-state index in [9.17, 15) is 23.1 Å². The number of aliphatic hydroxyl groups excluding tert-OH is 1. The highest BCUT2D eigenvalue weighted by atomic mass is 32.2. The predicted octanol–water partition coefficient (Wildman–Crippen LogP) is 2.54. The number of rotatable bonds is 2. The molecule has 2 fully saturated rings. The SMILES string of the molecule is Cc1c(C(O)=C2C(=O)C3CCC(C3)C2=O)ccc(S(C)(=O)=O)c1C. The van der Waals surface area contributed by atoms with E-state index in [-0.39, 0.29) is 39.6 Å². The van der Waals surface area contributed by atoms with Gasteiger partial charge in [0.15, 0.2) is 21.4 Å². The van der Waals surface area contributed by atoms with Gasteiger partial charge in [-0.3, -0.25) is 9.59 Å². The number of ketones is 2. The van der Waals surface area contributed by atoms with Crippen LogP contribution in [0.2, 0.25) is 0 Å². The molecular formula is C18H20O5S. The molecule has 24 heavy (non-hydrogen) atoms. The second-order valence-corrected chi connectivity index (χ2v) is 8.78. The van der Waals surface area contributed by atoms with Crippen molar-refractivity contribution in [2.24, 2.45) is 11.8 Å². The van der Waals surface area contributed by atoms with Crippen molar-refractivity contribution in [1.82, 2.24) is 0 Å². The lowest BCUT2D eigenvalue weighted by Gasteiger charge is -2.21. The van der Waals surface area contributed by atoms with Crippen LogP contribution in [0, 0.1) is 25.7 Å². The molecule has 1 N–H and O–H groups in total. The second-order valence-electron chi connectivity index (χ2n) is 6.79. The van der Waals surface area contributed by atoms with Crippen molar-refractivity contribution in [1.29, 1.82) is 0 Å². The van der Waals surface area contributed by atoms with Gasteiger partial charge in [0.1, 0.15) is 11.3 Å². The number of carbonyl (C=O) groups is 2. The monoisotopic (exact) mass is 348 g/mol. The average molecular weight is 348 g/mol. The van der Waals surface area contributed by atoms with Gasteiger partial charge in [0, 0.05) is 23.7 Å². The minimum absolute atomic E-state index is 0.108. The molecule has 0 amide bonds. The van der Waals surface area contributed by atoms with E-state index in [2.05, 4.69) is 0 Å². The Bertz CT molecular complexity index is 868. The first-order valence-electron chi connectivity index (χ1n) is 7.95. The molecule has 2 saturated carbocycles. The molecule has 2 bridgehead atoms. The van der Waals surface area contributed by atoms with Crippen LogP contribution in [0.4, 0.5) is 0 Å². The third-order valence-corrected chi connectivity index (χ3v) is 6.54. The smallest absolute Gasteiger partial charge is 0.175 e. The zero-order chi connectivity index (χ0) is 17.8. The van der Waals surface area contributed by atoms with Crippen LogP contribution in [-0.2, 0) is 19.4 Å². The maximum Gasteiger partial charge on any atom is 0.175 e. The number of fused-ring (bicyclic) bond motifs is 2. The van der Waals surface area contributed by atoms with Gasteiger partial charge in [-0.1, -0.05) is 0 Å². The quantitative estimate of drug-likeness (QED) is 0.504. The van der Waals surface area contributed by atoms with Crippen molar-refractivity contribution in [2.45, 2.75) is 38.0 Å². The van der Waals surface area contributed by atoms with E-state index in [0.717, 1.165) is 6.26 Å². The van der Waals surface area contributed by atoms with E-state index in [4.69, 9.17) is 0 Å². The minimum Gasteiger partial charge on any atom is -0.506 e. The topological polar surface area (TPSA) is 88.5 Å². The number of aliphatic hydroxyl groups is 1. The Hall–Kier alpha value is -1.95. The van der Waals surface area contributed by atoms with Crippen LogP contribution in [-0.4, -0.2) is 31.3 Å². The van der Waals surface area contributed by atoms with Crippen LogP contribution in [0.25, 0.3) is 5.76 Å². The Morgan fingerprint density at radius 1 is 1.04 bits per heavy atom. The summed E-state index contributed by atoms with van der Waals surface area (Å²) in [4.78, 5) is 25.2. The zero-order valence-corrected chi connectivity index (χ0v) is 14.7. The fourth-order valence-electron chi connectivity index (χ4n) is 3.81. The summed E-state index contributed by atoms with van der Waals surface area (Å²) in [5.41, 5.74) is 1.31. The molecule has 0 spiro atoms. The van der Waals surface area contributed by atoms with Gasteiger partial charge in [0.25, 0.3) is 0 Å². The lowest BCUT2D eigenvalue weighted by molar-refractivity contribution is -0.127. The second kappa shape index (κ2) is 5.55. The van der Waals surface area contributed by atoms with Crippen molar-refractivity contribution >= 4 is 27.2 Å². The molecule has 0 saturated heterocycles. The standard InChI is InChI=1S/C18H20O5S/c1-9-10(2)14(24(3,22)23)7-6-13(9)18(21)15-16(19)11-4-5-12(8-11)17(15)20/h6-7,11-12,21H,4-5,8H2,1-3H3. The first-order valence-corrected chi connectivity index (χ1v) is 9.84. The summed E-state index contributed by atoms with van der Waals surface area (Å²) < 4.78 is 23.6. The maximum absolute atomic E-state index is 12.5. The molecule has 0 radical (unpaired) electrons. The highest BCUT2D eigenvalue weighted by molar-refractivity contribution is 7.90. The molecular weight excluding hydrogens is 328 g/mol. The number of allylic oxidation sites excluding steroid dienone is 1. The molecule has 2 aliphatic carbocycles. The number of benzene rings is 1. The van der Waals surface area contributed by atoms with Gasteiger partial charge >= 0.3 is 0 Å². The summed E-state index contributed by atoms with van der Waals surface area (Å²) >= 11 is 0. The van der Waals surface area contributed by atoms with E-state index in [1.165, 1.54) is 12.1 Å². The van der Waals surface area contributed by atoms with E-state index in [1.54, 1.807) is 13.8 Å². The third kappa shape index (κ3) is 2.49. The van der Waals surface area contributed by atoms with E-state index >= 15 is 0 Å². The van der Waals surface area contributed by atoms with E-state index in [1.807, 2.05) is 0 Å². The Balaban J connectivity index is 2.17. The normalized spacial score (nSPS) is 23.7. The number of hydrogen-bond acceptors (Lipinski definition) is 5. The number of sulfone groups is 1. The van der Waals surface area contributed by atoms with Crippen LogP contribution < -0.4 is 0 Å². The minimum atomic E-state index is -3.38. The van der Waals surface area contributed by atoms with Crippen molar-refractivity contribution in [3.05, 3.63) is 34.4 Å². The van der Waals surface area contributed by atoms with Crippen LogP contribution in [0.1, 0.15) is 36.0 Å². The summed E-state index contributed by atoms with van der Waals surface area (Å²) in [6, 6.07) is 2.88. The van der Waals surface area contributed by atoms with E-state index < -0.39 is 9.84 Å². The van der Waals surface area contributed by atoms with Crippen molar-refractivity contribution in [2.75, 3.05) is 6.26 Å². The molecule has 3 rings (SSSR count). The van der Waals surface area contributed by atoms with Crippen molar-refractivity contribution in [3.63, 3.8) is 0 Å². The number of hydrogen-bond donors (Lipinski definition) is 1. The molecule has 0 heterocycles. The number of Topliss-reactive ketones (excluding diaryl/α,β-unsaturated/α-hetero) is 2. The molecule has 1 aromatic rings. The summed E-state index contributed by atoms with van der Waals surface area (Å²) in [6.07, 6.45) is 3.09. The maximum atomic E-state index is 12.5. The van der Waals surface area contributed by atoms with Gasteiger partial charge < -0.3 is 5.11 Å². The zero-order valence-electron chi connectivity index (χ0n) is 13.9. The molecule has 0 aromatic heterocycles. The molecule has 1 aromatic carbocycles. The molecule has 0 aliphatic heterocycles. The molecule has 6 heteroatoms. The fourth-order valence-corrected chi connectivity index (χ4v) is 4.83. The lowest BCUT2D eigenvalue weighted by atomic mass is 9.81. The first-order chi connectivity index (χ1) is 11.1. The van der Waals surface area contributed by atoms with Crippen LogP contribution in [0.5, 0.6) is 0 Å². The summed E-state index contributed by atoms with van der Waals surface area (Å²) in [5.74, 6) is -1.24. The summed E-state index contributed by atoms with van der Waals surface area (Å²) in [6.45, 7) is 3.34. The molecule has 128 valence electrons. The summed E-state index contributed by atoms with van der Waals surface area (Å²) in [5, 5.41) is 10.6. The summed E-state index contributed by atoms with van der Waals surface area (Å²) in [7, 11) is -3.38. The molecule has 2 atom stereocenters.